The first-order chi connectivity index (χ1) is 9.54. The van der Waals surface area contributed by atoms with Gasteiger partial charge in [-0.05, 0) is 19.9 Å². The van der Waals surface area contributed by atoms with Gasteiger partial charge in [-0.2, -0.15) is 0 Å². The minimum absolute atomic E-state index is 0.0559. The minimum atomic E-state index is -0.539. The highest BCUT2D eigenvalue weighted by molar-refractivity contribution is 5.97. The molecule has 0 unspecified atom stereocenters. The molecule has 0 saturated heterocycles. The quantitative estimate of drug-likeness (QED) is 0.746. The molecule has 1 heterocycles. The van der Waals surface area contributed by atoms with Gasteiger partial charge in [-0.1, -0.05) is 0 Å². The van der Waals surface area contributed by atoms with Crippen LogP contribution in [0.4, 0.5) is 11.5 Å². The van der Waals surface area contributed by atoms with Crippen molar-refractivity contribution in [3.63, 3.8) is 0 Å². The molecule has 0 aliphatic carbocycles. The van der Waals surface area contributed by atoms with Crippen molar-refractivity contribution >= 4 is 23.4 Å². The number of methoxy groups -OCH3 is 1. The van der Waals surface area contributed by atoms with Gasteiger partial charge < -0.3 is 20.7 Å². The van der Waals surface area contributed by atoms with Crippen LogP contribution in [0.2, 0.25) is 0 Å². The second kappa shape index (κ2) is 7.32. The van der Waals surface area contributed by atoms with E-state index in [0.717, 1.165) is 0 Å². The summed E-state index contributed by atoms with van der Waals surface area (Å²) in [6.07, 6.45) is 1.44. The van der Waals surface area contributed by atoms with E-state index in [-0.39, 0.29) is 23.7 Å². The van der Waals surface area contributed by atoms with E-state index in [1.165, 1.54) is 19.4 Å². The molecule has 7 heteroatoms. The summed E-state index contributed by atoms with van der Waals surface area (Å²) >= 11 is 0. The van der Waals surface area contributed by atoms with Crippen molar-refractivity contribution in [1.82, 2.24) is 9.88 Å². The van der Waals surface area contributed by atoms with Crippen LogP contribution >= 0.6 is 0 Å². The maximum Gasteiger partial charge on any atom is 0.340 e. The molecule has 20 heavy (non-hydrogen) atoms. The monoisotopic (exact) mass is 280 g/mol. The van der Waals surface area contributed by atoms with Crippen molar-refractivity contribution in [2.24, 2.45) is 0 Å². The Labute approximate surface area is 118 Å². The zero-order valence-electron chi connectivity index (χ0n) is 12.0. The Morgan fingerprint density at radius 1 is 1.40 bits per heavy atom. The third kappa shape index (κ3) is 3.59. The molecule has 1 rings (SSSR count). The molecule has 0 fully saturated rings. The van der Waals surface area contributed by atoms with Crippen LogP contribution in [0, 0.1) is 0 Å². The molecule has 7 nitrogen and oxygen atoms in total. The van der Waals surface area contributed by atoms with Crippen molar-refractivity contribution in [2.75, 3.05) is 37.8 Å². The highest BCUT2D eigenvalue weighted by Crippen LogP contribution is 2.20. The van der Waals surface area contributed by atoms with Crippen LogP contribution in [0.25, 0.3) is 0 Å². The van der Waals surface area contributed by atoms with Crippen molar-refractivity contribution in [3.05, 3.63) is 17.8 Å². The molecule has 0 aliphatic heterocycles. The van der Waals surface area contributed by atoms with Crippen LogP contribution in [0.3, 0.4) is 0 Å². The van der Waals surface area contributed by atoms with Crippen molar-refractivity contribution < 1.29 is 14.3 Å². The molecule has 1 amide bonds. The first kappa shape index (κ1) is 15.7. The average Bonchev–Trinajstić information content (AvgIpc) is 2.46. The van der Waals surface area contributed by atoms with Crippen LogP contribution in [0.15, 0.2) is 12.3 Å². The number of amides is 1. The maximum atomic E-state index is 11.9. The molecule has 1 aromatic heterocycles. The lowest BCUT2D eigenvalue weighted by Crippen LogP contribution is -2.35. The van der Waals surface area contributed by atoms with Crippen LogP contribution < -0.4 is 11.1 Å². The molecule has 0 radical (unpaired) electrons. The van der Waals surface area contributed by atoms with Gasteiger partial charge in [0.2, 0.25) is 5.91 Å². The molecule has 0 bridgehead atoms. The van der Waals surface area contributed by atoms with Crippen LogP contribution in [0.5, 0.6) is 0 Å². The van der Waals surface area contributed by atoms with E-state index in [4.69, 9.17) is 5.73 Å². The van der Waals surface area contributed by atoms with Gasteiger partial charge in [-0.15, -0.1) is 0 Å². The number of carbonyl (C=O) groups excluding carboxylic acids is 2. The molecule has 0 aliphatic rings. The van der Waals surface area contributed by atoms with Crippen LogP contribution in [0.1, 0.15) is 24.2 Å². The molecule has 0 atom stereocenters. The number of pyridine rings is 1. The first-order valence-electron chi connectivity index (χ1n) is 6.39. The highest BCUT2D eigenvalue weighted by Gasteiger charge is 2.15. The van der Waals surface area contributed by atoms with E-state index in [9.17, 15) is 9.59 Å². The maximum absolute atomic E-state index is 11.9. The Bertz CT molecular complexity index is 487. The van der Waals surface area contributed by atoms with Crippen molar-refractivity contribution in [1.29, 1.82) is 0 Å². The standard InChI is InChI=1S/C13H20N4O3/c1-4-17(5-2)10(18)8-16-12-11(14)9(6-7-15-12)13(19)20-3/h6-7H,4-5,8,14H2,1-3H3,(H,15,16). The SMILES string of the molecule is CCN(CC)C(=O)CNc1nccc(C(=O)OC)c1N. The number of nitrogens with zero attached hydrogens (tertiary/aromatic N) is 2. The Morgan fingerprint density at radius 3 is 2.60 bits per heavy atom. The summed E-state index contributed by atoms with van der Waals surface area (Å²) in [4.78, 5) is 29.1. The number of likely N-dealkylation sites (N-methyl/N-ethyl adjacent to an activating group) is 1. The summed E-state index contributed by atoms with van der Waals surface area (Å²) in [6, 6.07) is 1.47. The predicted molar refractivity (Wildman–Crippen MR) is 76.4 cm³/mol. The van der Waals surface area contributed by atoms with E-state index < -0.39 is 5.97 Å². The number of nitrogens with two attached hydrogens (primary N) is 1. The third-order valence-electron chi connectivity index (χ3n) is 2.92. The number of esters is 1. The largest absolute Gasteiger partial charge is 0.465 e. The number of anilines is 2. The van der Waals surface area contributed by atoms with Crippen LogP contribution in [-0.2, 0) is 9.53 Å². The summed E-state index contributed by atoms with van der Waals surface area (Å²) in [5, 5.41) is 2.85. The van der Waals surface area contributed by atoms with Crippen molar-refractivity contribution in [2.45, 2.75) is 13.8 Å². The molecular formula is C13H20N4O3. The Morgan fingerprint density at radius 2 is 2.05 bits per heavy atom. The molecule has 1 aromatic rings. The average molecular weight is 280 g/mol. The number of carbonyl (C=O) groups is 2. The molecule has 110 valence electrons. The number of ether oxygens (including phenoxy) is 1. The molecule has 0 spiro atoms. The number of rotatable bonds is 6. The van der Waals surface area contributed by atoms with Gasteiger partial charge in [0, 0.05) is 19.3 Å². The van der Waals surface area contributed by atoms with Gasteiger partial charge >= 0.3 is 5.97 Å². The topological polar surface area (TPSA) is 97.5 Å². The second-order valence-electron chi connectivity index (χ2n) is 4.03. The zero-order valence-corrected chi connectivity index (χ0v) is 12.0. The minimum Gasteiger partial charge on any atom is -0.465 e. The number of nitrogen functional groups attached to an aromatic ring is 1. The third-order valence-corrected chi connectivity index (χ3v) is 2.92. The van der Waals surface area contributed by atoms with Crippen molar-refractivity contribution in [3.8, 4) is 0 Å². The van der Waals surface area contributed by atoms with Gasteiger partial charge in [0.05, 0.1) is 24.9 Å². The summed E-state index contributed by atoms with van der Waals surface area (Å²) in [7, 11) is 1.28. The Balaban J connectivity index is 2.79. The van der Waals surface area contributed by atoms with Gasteiger partial charge in [0.25, 0.3) is 0 Å². The molecule has 0 aromatic carbocycles. The van der Waals surface area contributed by atoms with Gasteiger partial charge in [-0.25, -0.2) is 9.78 Å². The molecule has 0 saturated carbocycles. The van der Waals surface area contributed by atoms with Gasteiger partial charge in [0.15, 0.2) is 0 Å². The summed E-state index contributed by atoms with van der Waals surface area (Å²) in [5.74, 6) is -0.295. The highest BCUT2D eigenvalue weighted by atomic mass is 16.5. The number of aromatic nitrogens is 1. The van der Waals surface area contributed by atoms with Gasteiger partial charge in [0.1, 0.15) is 5.82 Å². The molecular weight excluding hydrogens is 260 g/mol. The predicted octanol–water partition coefficient (Wildman–Crippen LogP) is 0.731. The van der Waals surface area contributed by atoms with E-state index >= 15 is 0 Å². The fraction of sp³-hybridized carbons (Fsp3) is 0.462. The fourth-order valence-electron chi connectivity index (χ4n) is 1.75. The van der Waals surface area contributed by atoms with Gasteiger partial charge in [-0.3, -0.25) is 4.79 Å². The lowest BCUT2D eigenvalue weighted by molar-refractivity contribution is -0.128. The van der Waals surface area contributed by atoms with E-state index in [1.807, 2.05) is 13.8 Å². The van der Waals surface area contributed by atoms with E-state index in [0.29, 0.717) is 18.9 Å². The summed E-state index contributed by atoms with van der Waals surface area (Å²) in [5.41, 5.74) is 6.23. The van der Waals surface area contributed by atoms with E-state index in [1.54, 1.807) is 4.90 Å². The number of hydrogen-bond donors (Lipinski definition) is 2. The Hall–Kier alpha value is -2.31. The summed E-state index contributed by atoms with van der Waals surface area (Å²) in [6.45, 7) is 5.17. The second-order valence-corrected chi connectivity index (χ2v) is 4.03. The zero-order chi connectivity index (χ0) is 15.1. The lowest BCUT2D eigenvalue weighted by Gasteiger charge is -2.19. The van der Waals surface area contributed by atoms with E-state index in [2.05, 4.69) is 15.0 Å². The lowest BCUT2D eigenvalue weighted by atomic mass is 10.2. The molecule has 3 N–H and O–H groups in total. The first-order valence-corrected chi connectivity index (χ1v) is 6.39. The Kier molecular flexibility index (Phi) is 5.76. The number of hydrogen-bond acceptors (Lipinski definition) is 6. The fourth-order valence-corrected chi connectivity index (χ4v) is 1.75. The van der Waals surface area contributed by atoms with Crippen LogP contribution in [-0.4, -0.2) is 48.5 Å². The smallest absolute Gasteiger partial charge is 0.340 e. The summed E-state index contributed by atoms with van der Waals surface area (Å²) < 4.78 is 4.62. The number of nitrogens with one attached hydrogen (secondary N) is 1. The normalized spacial score (nSPS) is 9.95.